The smallest absolute Gasteiger partial charge is 0.260 e. The average molecular weight is 449 g/mol. The van der Waals surface area contributed by atoms with E-state index in [2.05, 4.69) is 11.9 Å². The van der Waals surface area contributed by atoms with E-state index in [1.54, 1.807) is 23.1 Å². The SMILES string of the molecule is CCCCCOc1ccc(C(=O)N(Cc2ccccc2)c2nc3c(F)cccc3s2)cc1. The van der Waals surface area contributed by atoms with Crippen LogP contribution in [-0.4, -0.2) is 17.5 Å². The molecule has 0 radical (unpaired) electrons. The summed E-state index contributed by atoms with van der Waals surface area (Å²) in [6.07, 6.45) is 3.29. The van der Waals surface area contributed by atoms with Crippen molar-refractivity contribution in [3.05, 3.63) is 89.7 Å². The van der Waals surface area contributed by atoms with E-state index in [9.17, 15) is 9.18 Å². The van der Waals surface area contributed by atoms with E-state index in [1.165, 1.54) is 17.4 Å². The van der Waals surface area contributed by atoms with Crippen molar-refractivity contribution in [2.45, 2.75) is 32.7 Å². The van der Waals surface area contributed by atoms with Gasteiger partial charge in [-0.15, -0.1) is 0 Å². The molecule has 6 heteroatoms. The standard InChI is InChI=1S/C26H25FN2O2S/c1-2-3-7-17-31-21-15-13-20(14-16-21)25(30)29(18-19-9-5-4-6-10-19)26-28-24-22(27)11-8-12-23(24)32-26/h4-6,8-16H,2-3,7,17-18H2,1H3. The third kappa shape index (κ3) is 5.14. The molecule has 4 nitrogen and oxygen atoms in total. The fourth-order valence-electron chi connectivity index (χ4n) is 3.40. The largest absolute Gasteiger partial charge is 0.494 e. The van der Waals surface area contributed by atoms with Crippen LogP contribution in [0.3, 0.4) is 0 Å². The molecule has 1 heterocycles. The Morgan fingerprint density at radius 1 is 1.00 bits per heavy atom. The van der Waals surface area contributed by atoms with Crippen LogP contribution in [-0.2, 0) is 6.54 Å². The number of benzene rings is 3. The molecule has 0 saturated heterocycles. The van der Waals surface area contributed by atoms with Crippen molar-refractivity contribution in [1.29, 1.82) is 0 Å². The molecular formula is C26H25FN2O2S. The second-order valence-corrected chi connectivity index (χ2v) is 8.55. The Kier molecular flexibility index (Phi) is 7.12. The highest BCUT2D eigenvalue weighted by Gasteiger charge is 2.22. The Bertz CT molecular complexity index is 1180. The van der Waals surface area contributed by atoms with Gasteiger partial charge in [-0.25, -0.2) is 9.37 Å². The maximum Gasteiger partial charge on any atom is 0.260 e. The van der Waals surface area contributed by atoms with Gasteiger partial charge in [-0.3, -0.25) is 9.69 Å². The minimum Gasteiger partial charge on any atom is -0.494 e. The van der Waals surface area contributed by atoms with Gasteiger partial charge in [0.25, 0.3) is 5.91 Å². The van der Waals surface area contributed by atoms with Crippen LogP contribution in [0.1, 0.15) is 42.1 Å². The summed E-state index contributed by atoms with van der Waals surface area (Å²) in [7, 11) is 0. The van der Waals surface area contributed by atoms with Crippen LogP contribution in [0.15, 0.2) is 72.8 Å². The van der Waals surface area contributed by atoms with E-state index < -0.39 is 0 Å². The Labute approximate surface area is 191 Å². The first kappa shape index (κ1) is 22.0. The van der Waals surface area contributed by atoms with Crippen LogP contribution in [0.4, 0.5) is 9.52 Å². The molecular weight excluding hydrogens is 423 g/mol. The van der Waals surface area contributed by atoms with Gasteiger partial charge in [0, 0.05) is 5.56 Å². The van der Waals surface area contributed by atoms with Gasteiger partial charge in [0.2, 0.25) is 0 Å². The average Bonchev–Trinajstić information content (AvgIpc) is 3.26. The van der Waals surface area contributed by atoms with Crippen LogP contribution < -0.4 is 9.64 Å². The molecule has 32 heavy (non-hydrogen) atoms. The number of hydrogen-bond acceptors (Lipinski definition) is 4. The van der Waals surface area contributed by atoms with E-state index in [-0.39, 0.29) is 17.2 Å². The van der Waals surface area contributed by atoms with E-state index in [1.807, 2.05) is 48.5 Å². The number of ether oxygens (including phenoxy) is 1. The molecule has 4 aromatic rings. The lowest BCUT2D eigenvalue weighted by molar-refractivity contribution is 0.0985. The van der Waals surface area contributed by atoms with Crippen molar-refractivity contribution in [3.63, 3.8) is 0 Å². The van der Waals surface area contributed by atoms with Gasteiger partial charge in [-0.2, -0.15) is 0 Å². The number of unbranched alkanes of at least 4 members (excludes halogenated alkanes) is 2. The number of anilines is 1. The number of hydrogen-bond donors (Lipinski definition) is 0. The molecule has 0 bridgehead atoms. The second-order valence-electron chi connectivity index (χ2n) is 7.54. The van der Waals surface area contributed by atoms with Gasteiger partial charge in [-0.1, -0.05) is 67.5 Å². The molecule has 0 aliphatic carbocycles. The van der Waals surface area contributed by atoms with Crippen LogP contribution in [0.25, 0.3) is 10.2 Å². The fourth-order valence-corrected chi connectivity index (χ4v) is 4.38. The van der Waals surface area contributed by atoms with Crippen molar-refractivity contribution in [2.75, 3.05) is 11.5 Å². The molecule has 4 rings (SSSR count). The van der Waals surface area contributed by atoms with Crippen molar-refractivity contribution < 1.29 is 13.9 Å². The molecule has 0 aliphatic rings. The second kappa shape index (κ2) is 10.4. The third-order valence-electron chi connectivity index (χ3n) is 5.14. The van der Waals surface area contributed by atoms with E-state index in [0.717, 1.165) is 30.6 Å². The molecule has 0 unspecified atom stereocenters. The first-order chi connectivity index (χ1) is 15.7. The molecule has 164 valence electrons. The number of fused-ring (bicyclic) bond motifs is 1. The molecule has 0 saturated carbocycles. The molecule has 1 aromatic heterocycles. The minimum atomic E-state index is -0.387. The molecule has 0 N–H and O–H groups in total. The maximum atomic E-state index is 14.2. The lowest BCUT2D eigenvalue weighted by Gasteiger charge is -2.20. The summed E-state index contributed by atoms with van der Waals surface area (Å²) in [5.41, 5.74) is 1.78. The van der Waals surface area contributed by atoms with Crippen LogP contribution in [0.5, 0.6) is 5.75 Å². The van der Waals surface area contributed by atoms with Crippen molar-refractivity contribution >= 4 is 32.6 Å². The predicted octanol–water partition coefficient (Wildman–Crippen LogP) is 6.85. The van der Waals surface area contributed by atoms with E-state index in [4.69, 9.17) is 4.74 Å². The van der Waals surface area contributed by atoms with Crippen molar-refractivity contribution in [3.8, 4) is 5.75 Å². The molecule has 0 aliphatic heterocycles. The zero-order chi connectivity index (χ0) is 22.3. The number of rotatable bonds is 9. The summed E-state index contributed by atoms with van der Waals surface area (Å²) in [6.45, 7) is 3.16. The van der Waals surface area contributed by atoms with Gasteiger partial charge >= 0.3 is 0 Å². The molecule has 0 fully saturated rings. The molecule has 0 atom stereocenters. The number of nitrogens with zero attached hydrogens (tertiary/aromatic N) is 2. The number of aromatic nitrogens is 1. The van der Waals surface area contributed by atoms with Gasteiger partial charge in [-0.05, 0) is 48.4 Å². The molecule has 3 aromatic carbocycles. The topological polar surface area (TPSA) is 42.4 Å². The Morgan fingerprint density at radius 3 is 2.50 bits per heavy atom. The Hall–Kier alpha value is -3.25. The van der Waals surface area contributed by atoms with Gasteiger partial charge in [0.05, 0.1) is 17.9 Å². The predicted molar refractivity (Wildman–Crippen MR) is 128 cm³/mol. The zero-order valence-corrected chi connectivity index (χ0v) is 18.8. The van der Waals surface area contributed by atoms with Crippen LogP contribution in [0, 0.1) is 5.82 Å². The van der Waals surface area contributed by atoms with Gasteiger partial charge in [0.15, 0.2) is 5.13 Å². The number of para-hydroxylation sites is 1. The quantitative estimate of drug-likeness (QED) is 0.263. The van der Waals surface area contributed by atoms with Crippen LogP contribution >= 0.6 is 11.3 Å². The molecule has 1 amide bonds. The maximum absolute atomic E-state index is 14.2. The first-order valence-corrected chi connectivity index (χ1v) is 11.6. The van der Waals surface area contributed by atoms with Gasteiger partial charge in [0.1, 0.15) is 17.1 Å². The number of amides is 1. The van der Waals surface area contributed by atoms with Gasteiger partial charge < -0.3 is 4.74 Å². The highest BCUT2D eigenvalue weighted by atomic mass is 32.1. The highest BCUT2D eigenvalue weighted by molar-refractivity contribution is 7.22. The monoisotopic (exact) mass is 448 g/mol. The number of carbonyl (C=O) groups excluding carboxylic acids is 1. The Balaban J connectivity index is 1.60. The molecule has 0 spiro atoms. The minimum absolute atomic E-state index is 0.189. The lowest BCUT2D eigenvalue weighted by atomic mass is 10.1. The summed E-state index contributed by atoms with van der Waals surface area (Å²) in [6, 6.07) is 21.7. The van der Waals surface area contributed by atoms with E-state index >= 15 is 0 Å². The summed E-state index contributed by atoms with van der Waals surface area (Å²) >= 11 is 1.31. The van der Waals surface area contributed by atoms with Crippen LogP contribution in [0.2, 0.25) is 0 Å². The number of carbonyl (C=O) groups is 1. The third-order valence-corrected chi connectivity index (χ3v) is 6.18. The Morgan fingerprint density at radius 2 is 1.78 bits per heavy atom. The number of halogens is 1. The summed E-state index contributed by atoms with van der Waals surface area (Å²) < 4.78 is 20.7. The summed E-state index contributed by atoms with van der Waals surface area (Å²) in [5.74, 6) is 0.168. The first-order valence-electron chi connectivity index (χ1n) is 10.8. The van der Waals surface area contributed by atoms with Crippen molar-refractivity contribution in [2.24, 2.45) is 0 Å². The summed E-state index contributed by atoms with van der Waals surface area (Å²) in [4.78, 5) is 19.5. The zero-order valence-electron chi connectivity index (χ0n) is 18.0. The lowest BCUT2D eigenvalue weighted by Crippen LogP contribution is -2.30. The van der Waals surface area contributed by atoms with Crippen molar-refractivity contribution in [1.82, 2.24) is 4.98 Å². The fraction of sp³-hybridized carbons (Fsp3) is 0.231. The normalized spacial score (nSPS) is 10.9. The van der Waals surface area contributed by atoms with E-state index in [0.29, 0.717) is 28.5 Å². The number of thiazole rings is 1. The highest BCUT2D eigenvalue weighted by Crippen LogP contribution is 2.32. The summed E-state index contributed by atoms with van der Waals surface area (Å²) in [5, 5.41) is 0.471.